The van der Waals surface area contributed by atoms with E-state index in [1.54, 1.807) is 6.92 Å². The van der Waals surface area contributed by atoms with E-state index in [0.29, 0.717) is 0 Å². The van der Waals surface area contributed by atoms with Crippen molar-refractivity contribution in [3.63, 3.8) is 0 Å². The maximum absolute atomic E-state index is 12.6. The van der Waals surface area contributed by atoms with Gasteiger partial charge >= 0.3 is 11.9 Å². The van der Waals surface area contributed by atoms with E-state index in [-0.39, 0.29) is 19.8 Å². The first-order valence-corrected chi connectivity index (χ1v) is 14.9. The first kappa shape index (κ1) is 28.6. The van der Waals surface area contributed by atoms with E-state index in [0.717, 1.165) is 11.7 Å². The van der Waals surface area contributed by atoms with Gasteiger partial charge in [-0.1, -0.05) is 56.9 Å². The van der Waals surface area contributed by atoms with Crippen LogP contribution in [0.15, 0.2) is 24.3 Å². The zero-order valence-electron chi connectivity index (χ0n) is 21.1. The van der Waals surface area contributed by atoms with Gasteiger partial charge in [0.2, 0.25) is 0 Å². The zero-order chi connectivity index (χ0) is 24.0. The van der Waals surface area contributed by atoms with Gasteiger partial charge in [0.25, 0.3) is 0 Å². The molecule has 32 heavy (non-hydrogen) atoms. The third-order valence-electron chi connectivity index (χ3n) is 5.67. The van der Waals surface area contributed by atoms with Crippen LogP contribution < -0.4 is 0 Å². The van der Waals surface area contributed by atoms with Crippen LogP contribution in [0, 0.1) is 5.41 Å². The number of esters is 2. The van der Waals surface area contributed by atoms with Crippen molar-refractivity contribution in [3.8, 4) is 0 Å². The third kappa shape index (κ3) is 11.4. The number of hydrogen-bond acceptors (Lipinski definition) is 5. The molecule has 0 amide bonds. The topological polar surface area (TPSA) is 61.8 Å². The Morgan fingerprint density at radius 3 is 2.09 bits per heavy atom. The van der Waals surface area contributed by atoms with Crippen LogP contribution in [0.1, 0.15) is 70.4 Å². The summed E-state index contributed by atoms with van der Waals surface area (Å²) >= 11 is 0. The van der Waals surface area contributed by atoms with Crippen molar-refractivity contribution in [1.29, 1.82) is 0 Å². The summed E-state index contributed by atoms with van der Waals surface area (Å²) in [4.78, 5) is 23.7. The second-order valence-corrected chi connectivity index (χ2v) is 14.4. The average Bonchev–Trinajstić information content (AvgIpc) is 2.74. The molecule has 1 aromatic carbocycles. The van der Waals surface area contributed by atoms with E-state index >= 15 is 0 Å². The Morgan fingerprint density at radius 2 is 1.50 bits per heavy atom. The highest BCUT2D eigenvalue weighted by molar-refractivity contribution is 7.73. The van der Waals surface area contributed by atoms with Crippen LogP contribution in [0.4, 0.5) is 0 Å². The van der Waals surface area contributed by atoms with Crippen LogP contribution in [-0.2, 0) is 36.6 Å². The highest BCUT2D eigenvalue weighted by Gasteiger charge is 2.36. The van der Waals surface area contributed by atoms with Gasteiger partial charge in [-0.15, -0.1) is 0 Å². The molecule has 0 bridgehead atoms. The summed E-state index contributed by atoms with van der Waals surface area (Å²) in [5.74, 6) is -0.867. The second-order valence-electron chi connectivity index (χ2n) is 9.75. The van der Waals surface area contributed by atoms with Crippen molar-refractivity contribution in [2.45, 2.75) is 72.1 Å². The van der Waals surface area contributed by atoms with Gasteiger partial charge in [0.15, 0.2) is 0 Å². The Hall–Kier alpha value is -1.45. The quantitative estimate of drug-likeness (QED) is 0.167. The molecule has 0 saturated carbocycles. The standard InChI is InChI=1S/C26H44O5P/c1-7-8-9-10-11-12-17-32(5,6)19-24-15-13-23(14-16-24)18-30-25(28)26(3,20-29-4)21-31-22(2)27/h13-16H,7-12,17-21H2,1-6H3/q+1. The van der Waals surface area contributed by atoms with Crippen LogP contribution in [0.5, 0.6) is 0 Å². The Morgan fingerprint density at radius 1 is 0.906 bits per heavy atom. The van der Waals surface area contributed by atoms with Crippen molar-refractivity contribution in [2.75, 3.05) is 39.8 Å². The van der Waals surface area contributed by atoms with E-state index in [1.807, 2.05) is 12.1 Å². The summed E-state index contributed by atoms with van der Waals surface area (Å²) in [6.45, 7) is 10.4. The number of benzene rings is 1. The predicted molar refractivity (Wildman–Crippen MR) is 134 cm³/mol. The molecule has 1 atom stereocenters. The minimum absolute atomic E-state index is 0.0642. The minimum atomic E-state index is -1.02. The van der Waals surface area contributed by atoms with Crippen LogP contribution in [0.25, 0.3) is 0 Å². The lowest BCUT2D eigenvalue weighted by Gasteiger charge is -2.25. The Labute approximate surface area is 195 Å². The lowest BCUT2D eigenvalue weighted by Crippen LogP contribution is -2.39. The van der Waals surface area contributed by atoms with Gasteiger partial charge in [-0.25, -0.2) is 0 Å². The van der Waals surface area contributed by atoms with E-state index < -0.39 is 24.6 Å². The summed E-state index contributed by atoms with van der Waals surface area (Å²) in [5.41, 5.74) is 1.27. The number of ether oxygens (including phenoxy) is 3. The molecule has 0 aliphatic carbocycles. The fraction of sp³-hybridized carbons (Fsp3) is 0.692. The number of methoxy groups -OCH3 is 1. The number of unbranched alkanes of at least 4 members (excludes halogenated alkanes) is 5. The molecule has 6 heteroatoms. The lowest BCUT2D eigenvalue weighted by molar-refractivity contribution is -0.167. The molecule has 0 aliphatic heterocycles. The van der Waals surface area contributed by atoms with Gasteiger partial charge < -0.3 is 14.2 Å². The van der Waals surface area contributed by atoms with Gasteiger partial charge in [-0.2, -0.15) is 0 Å². The first-order chi connectivity index (χ1) is 15.1. The fourth-order valence-electron chi connectivity index (χ4n) is 3.70. The average molecular weight is 468 g/mol. The Balaban J connectivity index is 2.52. The number of carbonyl (C=O) groups is 2. The summed E-state index contributed by atoms with van der Waals surface area (Å²) in [6.07, 6.45) is 10.6. The predicted octanol–water partition coefficient (Wildman–Crippen LogP) is 6.08. The molecule has 0 radical (unpaired) electrons. The van der Waals surface area contributed by atoms with E-state index in [1.165, 1.54) is 64.3 Å². The molecule has 0 heterocycles. The Kier molecular flexibility index (Phi) is 13.1. The number of rotatable bonds is 16. The second kappa shape index (κ2) is 14.6. The van der Waals surface area contributed by atoms with E-state index in [2.05, 4.69) is 32.4 Å². The highest BCUT2D eigenvalue weighted by atomic mass is 31.2. The summed E-state index contributed by atoms with van der Waals surface area (Å²) < 4.78 is 15.7. The molecular formula is C26H44O5P+. The van der Waals surface area contributed by atoms with Crippen molar-refractivity contribution in [2.24, 2.45) is 5.41 Å². The Bertz CT molecular complexity index is 686. The first-order valence-electron chi connectivity index (χ1n) is 11.8. The summed E-state index contributed by atoms with van der Waals surface area (Å²) in [6, 6.07) is 8.37. The highest BCUT2D eigenvalue weighted by Crippen LogP contribution is 2.55. The van der Waals surface area contributed by atoms with Crippen molar-refractivity contribution in [1.82, 2.24) is 0 Å². The van der Waals surface area contributed by atoms with Crippen molar-refractivity contribution < 1.29 is 23.8 Å². The van der Waals surface area contributed by atoms with E-state index in [4.69, 9.17) is 14.2 Å². The number of carbonyl (C=O) groups excluding carboxylic acids is 2. The molecule has 0 saturated heterocycles. The molecule has 182 valence electrons. The molecule has 0 fully saturated rings. The maximum atomic E-state index is 12.6. The van der Waals surface area contributed by atoms with Crippen LogP contribution in [0.3, 0.4) is 0 Å². The number of hydrogen-bond donors (Lipinski definition) is 0. The maximum Gasteiger partial charge on any atom is 0.317 e. The largest absolute Gasteiger partial charge is 0.465 e. The summed E-state index contributed by atoms with van der Waals surface area (Å²) in [5, 5.41) is 0. The molecule has 1 rings (SSSR count). The smallest absolute Gasteiger partial charge is 0.317 e. The van der Waals surface area contributed by atoms with Crippen molar-refractivity contribution >= 4 is 19.2 Å². The molecule has 1 aromatic rings. The lowest BCUT2D eigenvalue weighted by atomic mass is 9.93. The minimum Gasteiger partial charge on any atom is -0.465 e. The van der Waals surface area contributed by atoms with E-state index in [9.17, 15) is 9.59 Å². The monoisotopic (exact) mass is 467 g/mol. The molecule has 0 N–H and O–H groups in total. The van der Waals surface area contributed by atoms with Crippen LogP contribution >= 0.6 is 7.26 Å². The van der Waals surface area contributed by atoms with Crippen LogP contribution in [0.2, 0.25) is 0 Å². The van der Waals surface area contributed by atoms with Crippen LogP contribution in [-0.4, -0.2) is 51.8 Å². The van der Waals surface area contributed by atoms with Gasteiger partial charge in [0, 0.05) is 34.6 Å². The van der Waals surface area contributed by atoms with Gasteiger partial charge in [0.05, 0.1) is 18.9 Å². The van der Waals surface area contributed by atoms with Gasteiger partial charge in [0.1, 0.15) is 18.6 Å². The SMILES string of the molecule is CCCCCCCC[P+](C)(C)Cc1ccc(COC(=O)C(C)(COC)COC(C)=O)cc1. The molecule has 1 unspecified atom stereocenters. The molecule has 0 aliphatic rings. The van der Waals surface area contributed by atoms with Gasteiger partial charge in [-0.05, 0) is 30.9 Å². The molecule has 5 nitrogen and oxygen atoms in total. The van der Waals surface area contributed by atoms with Crippen molar-refractivity contribution in [3.05, 3.63) is 35.4 Å². The van der Waals surface area contributed by atoms with Gasteiger partial charge in [-0.3, -0.25) is 9.59 Å². The summed E-state index contributed by atoms with van der Waals surface area (Å²) in [7, 11) is 0.556. The molecule has 0 aromatic heterocycles. The fourth-order valence-corrected chi connectivity index (χ4v) is 6.13. The zero-order valence-corrected chi connectivity index (χ0v) is 22.0. The normalized spacial score (nSPS) is 13.4. The molecular weight excluding hydrogens is 423 g/mol. The molecule has 0 spiro atoms. The third-order valence-corrected chi connectivity index (χ3v) is 8.42.